The highest BCUT2D eigenvalue weighted by Crippen LogP contribution is 2.31. The topological polar surface area (TPSA) is 9.23 Å². The van der Waals surface area contributed by atoms with Gasteiger partial charge in [-0.2, -0.15) is 0 Å². The van der Waals surface area contributed by atoms with Gasteiger partial charge in [0.15, 0.2) is 0 Å². The lowest BCUT2D eigenvalue weighted by molar-refractivity contribution is 0.380. The molecule has 0 amide bonds. The predicted octanol–water partition coefficient (Wildman–Crippen LogP) is 4.58. The summed E-state index contributed by atoms with van der Waals surface area (Å²) in [6, 6.07) is 4.67. The summed E-state index contributed by atoms with van der Waals surface area (Å²) in [6.07, 6.45) is 1.78. The van der Waals surface area contributed by atoms with E-state index in [0.29, 0.717) is 4.83 Å². The Balaban J connectivity index is 2.72. The molecule has 1 rings (SSSR count). The van der Waals surface area contributed by atoms with Crippen LogP contribution in [0, 0.1) is 11.2 Å². The third kappa shape index (κ3) is 4.30. The number of halogens is 2. The molecule has 0 saturated carbocycles. The van der Waals surface area contributed by atoms with Crippen molar-refractivity contribution in [2.24, 2.45) is 5.41 Å². The van der Waals surface area contributed by atoms with E-state index in [9.17, 15) is 4.39 Å². The highest BCUT2D eigenvalue weighted by atomic mass is 79.9. The van der Waals surface area contributed by atoms with Crippen molar-refractivity contribution in [3.63, 3.8) is 0 Å². The van der Waals surface area contributed by atoms with Crippen molar-refractivity contribution < 1.29 is 9.13 Å². The second kappa shape index (κ2) is 5.85. The van der Waals surface area contributed by atoms with Gasteiger partial charge in [-0.05, 0) is 42.0 Å². The third-order valence-corrected chi connectivity index (χ3v) is 4.68. The summed E-state index contributed by atoms with van der Waals surface area (Å²) in [5.74, 6) is 0.558. The van der Waals surface area contributed by atoms with Crippen LogP contribution in [0.15, 0.2) is 18.2 Å². The van der Waals surface area contributed by atoms with Crippen molar-refractivity contribution in [3.05, 3.63) is 29.6 Å². The molecule has 0 heterocycles. The molecule has 1 nitrogen and oxygen atoms in total. The first kappa shape index (κ1) is 14.5. The van der Waals surface area contributed by atoms with Crippen molar-refractivity contribution >= 4 is 15.9 Å². The van der Waals surface area contributed by atoms with Gasteiger partial charge in [-0.3, -0.25) is 0 Å². The lowest BCUT2D eigenvalue weighted by Gasteiger charge is -2.25. The first-order chi connectivity index (χ1) is 7.84. The van der Waals surface area contributed by atoms with Crippen LogP contribution >= 0.6 is 15.9 Å². The second-order valence-electron chi connectivity index (χ2n) is 5.33. The fraction of sp³-hybridized carbons (Fsp3) is 0.571. The molecule has 1 unspecified atom stereocenters. The maximum atomic E-state index is 13.2. The minimum atomic E-state index is -0.206. The Labute approximate surface area is 111 Å². The van der Waals surface area contributed by atoms with Gasteiger partial charge in [-0.15, -0.1) is 0 Å². The zero-order valence-corrected chi connectivity index (χ0v) is 12.5. The fourth-order valence-electron chi connectivity index (χ4n) is 1.66. The van der Waals surface area contributed by atoms with Crippen molar-refractivity contribution in [3.8, 4) is 5.75 Å². The number of benzene rings is 1. The second-order valence-corrected chi connectivity index (χ2v) is 6.43. The molecule has 0 aliphatic carbocycles. The molecule has 17 heavy (non-hydrogen) atoms. The Morgan fingerprint density at radius 1 is 1.35 bits per heavy atom. The number of aryl methyl sites for hydroxylation is 1. The molecule has 0 N–H and O–H groups in total. The lowest BCUT2D eigenvalue weighted by Crippen LogP contribution is -2.20. The maximum Gasteiger partial charge on any atom is 0.123 e. The van der Waals surface area contributed by atoms with Crippen LogP contribution in [0.3, 0.4) is 0 Å². The summed E-state index contributed by atoms with van der Waals surface area (Å²) < 4.78 is 18.4. The molecule has 1 atom stereocenters. The Bertz CT molecular complexity index is 371. The molecule has 1 aromatic rings. The highest BCUT2D eigenvalue weighted by molar-refractivity contribution is 9.09. The molecule has 1 aromatic carbocycles. The SMILES string of the molecule is COc1ccc(F)cc1CCC(Br)C(C)(C)C. The van der Waals surface area contributed by atoms with E-state index in [4.69, 9.17) is 4.74 Å². The van der Waals surface area contributed by atoms with Gasteiger partial charge < -0.3 is 4.74 Å². The first-order valence-corrected chi connectivity index (χ1v) is 6.72. The maximum absolute atomic E-state index is 13.2. The van der Waals surface area contributed by atoms with Crippen LogP contribution in [-0.2, 0) is 6.42 Å². The average Bonchev–Trinajstić information content (AvgIpc) is 2.24. The molecule has 0 saturated heterocycles. The van der Waals surface area contributed by atoms with Crippen LogP contribution in [0.5, 0.6) is 5.75 Å². The van der Waals surface area contributed by atoms with Crippen LogP contribution in [-0.4, -0.2) is 11.9 Å². The molecule has 0 aromatic heterocycles. The van der Waals surface area contributed by atoms with Crippen molar-refractivity contribution in [1.29, 1.82) is 0 Å². The Kier molecular flexibility index (Phi) is 4.99. The van der Waals surface area contributed by atoms with Gasteiger partial charge in [0, 0.05) is 4.83 Å². The van der Waals surface area contributed by atoms with Gasteiger partial charge in [0.25, 0.3) is 0 Å². The summed E-state index contributed by atoms with van der Waals surface area (Å²) >= 11 is 3.69. The highest BCUT2D eigenvalue weighted by Gasteiger charge is 2.21. The van der Waals surface area contributed by atoms with Crippen LogP contribution in [0.2, 0.25) is 0 Å². The van der Waals surface area contributed by atoms with E-state index in [0.717, 1.165) is 24.2 Å². The van der Waals surface area contributed by atoms with Gasteiger partial charge >= 0.3 is 0 Å². The molecular formula is C14H20BrFO. The zero-order chi connectivity index (χ0) is 13.1. The van der Waals surface area contributed by atoms with Crippen LogP contribution in [0.25, 0.3) is 0 Å². The van der Waals surface area contributed by atoms with Crippen LogP contribution in [0.1, 0.15) is 32.8 Å². The largest absolute Gasteiger partial charge is 0.496 e. The summed E-state index contributed by atoms with van der Waals surface area (Å²) in [5.41, 5.74) is 1.14. The predicted molar refractivity (Wildman–Crippen MR) is 73.4 cm³/mol. The lowest BCUT2D eigenvalue weighted by atomic mass is 9.88. The summed E-state index contributed by atoms with van der Waals surface area (Å²) in [6.45, 7) is 6.57. The molecule has 96 valence electrons. The average molecular weight is 303 g/mol. The molecule has 0 spiro atoms. The molecule has 0 radical (unpaired) electrons. The summed E-state index contributed by atoms with van der Waals surface area (Å²) in [4.78, 5) is 0.406. The van der Waals surface area contributed by atoms with E-state index in [2.05, 4.69) is 36.7 Å². The molecule has 0 aliphatic heterocycles. The van der Waals surface area contributed by atoms with Gasteiger partial charge in [0.1, 0.15) is 11.6 Å². The van der Waals surface area contributed by atoms with E-state index in [1.54, 1.807) is 19.2 Å². The number of methoxy groups -OCH3 is 1. The first-order valence-electron chi connectivity index (χ1n) is 5.81. The Hall–Kier alpha value is -0.570. The minimum Gasteiger partial charge on any atom is -0.496 e. The van der Waals surface area contributed by atoms with E-state index in [1.807, 2.05) is 0 Å². The van der Waals surface area contributed by atoms with E-state index in [1.165, 1.54) is 6.07 Å². The van der Waals surface area contributed by atoms with Gasteiger partial charge in [-0.25, -0.2) is 4.39 Å². The van der Waals surface area contributed by atoms with E-state index in [-0.39, 0.29) is 11.2 Å². The van der Waals surface area contributed by atoms with Crippen molar-refractivity contribution in [2.75, 3.05) is 7.11 Å². The molecular weight excluding hydrogens is 283 g/mol. The van der Waals surface area contributed by atoms with E-state index < -0.39 is 0 Å². The molecule has 0 aliphatic rings. The van der Waals surface area contributed by atoms with Crippen molar-refractivity contribution in [1.82, 2.24) is 0 Å². The van der Waals surface area contributed by atoms with Crippen LogP contribution < -0.4 is 4.74 Å². The quantitative estimate of drug-likeness (QED) is 0.740. The Morgan fingerprint density at radius 2 is 2.00 bits per heavy atom. The van der Waals surface area contributed by atoms with Crippen LogP contribution in [0.4, 0.5) is 4.39 Å². The summed E-state index contributed by atoms with van der Waals surface area (Å²) in [7, 11) is 1.62. The standard InChI is InChI=1S/C14H20BrFO/c1-14(2,3)13(15)8-5-10-9-11(16)6-7-12(10)17-4/h6-7,9,13H,5,8H2,1-4H3. The van der Waals surface area contributed by atoms with Gasteiger partial charge in [-0.1, -0.05) is 36.7 Å². The number of ether oxygens (including phenoxy) is 1. The number of hydrogen-bond donors (Lipinski definition) is 0. The Morgan fingerprint density at radius 3 is 2.53 bits per heavy atom. The molecule has 0 bridgehead atoms. The number of rotatable bonds is 4. The van der Waals surface area contributed by atoms with Gasteiger partial charge in [0.05, 0.1) is 7.11 Å². The minimum absolute atomic E-state index is 0.206. The smallest absolute Gasteiger partial charge is 0.123 e. The molecule has 0 fully saturated rings. The number of alkyl halides is 1. The third-order valence-electron chi connectivity index (χ3n) is 2.85. The van der Waals surface area contributed by atoms with Crippen molar-refractivity contribution in [2.45, 2.75) is 38.4 Å². The van der Waals surface area contributed by atoms with Gasteiger partial charge in [0.2, 0.25) is 0 Å². The molecule has 3 heteroatoms. The van der Waals surface area contributed by atoms with E-state index >= 15 is 0 Å². The fourth-order valence-corrected chi connectivity index (χ4v) is 1.89. The zero-order valence-electron chi connectivity index (χ0n) is 10.9. The normalized spacial score (nSPS) is 13.5. The monoisotopic (exact) mass is 302 g/mol. The summed E-state index contributed by atoms with van der Waals surface area (Å²) in [5, 5.41) is 0. The number of hydrogen-bond acceptors (Lipinski definition) is 1.